The van der Waals surface area contributed by atoms with Crippen LogP contribution in [0.25, 0.3) is 0 Å². The lowest BCUT2D eigenvalue weighted by Crippen LogP contribution is -2.36. The van der Waals surface area contributed by atoms with Crippen molar-refractivity contribution >= 4 is 17.7 Å². The first-order valence-corrected chi connectivity index (χ1v) is 7.65. The molecule has 0 atom stereocenters. The number of carbonyl (C=O) groups is 2. The maximum Gasteiger partial charge on any atom is 0.410 e. The molecule has 0 saturated carbocycles. The topological polar surface area (TPSA) is 75.9 Å². The van der Waals surface area contributed by atoms with Gasteiger partial charge >= 0.3 is 6.09 Å². The van der Waals surface area contributed by atoms with Crippen LogP contribution in [0.4, 0.5) is 10.5 Å². The van der Waals surface area contributed by atoms with Crippen molar-refractivity contribution in [3.63, 3.8) is 0 Å². The fraction of sp³-hybridized carbons (Fsp3) is 0.529. The summed E-state index contributed by atoms with van der Waals surface area (Å²) in [6.07, 6.45) is 0.308. The SMILES string of the molecule is CN(CCCN(C)C(=O)c1cccc(N)c1)C(=O)OC(C)(C)C. The molecule has 0 radical (unpaired) electrons. The molecule has 0 spiro atoms. The summed E-state index contributed by atoms with van der Waals surface area (Å²) in [6.45, 7) is 6.55. The number of nitrogens with two attached hydrogens (primary N) is 1. The molecule has 23 heavy (non-hydrogen) atoms. The van der Waals surface area contributed by atoms with Gasteiger partial charge in [0.15, 0.2) is 0 Å². The third kappa shape index (κ3) is 6.59. The molecule has 0 saturated heterocycles. The molecule has 0 aliphatic rings. The molecule has 0 fully saturated rings. The maximum absolute atomic E-state index is 12.3. The second-order valence-corrected chi connectivity index (χ2v) is 6.61. The van der Waals surface area contributed by atoms with Gasteiger partial charge in [0.05, 0.1) is 0 Å². The van der Waals surface area contributed by atoms with E-state index in [-0.39, 0.29) is 12.0 Å². The van der Waals surface area contributed by atoms with Gasteiger partial charge in [-0.25, -0.2) is 4.79 Å². The highest BCUT2D eigenvalue weighted by molar-refractivity contribution is 5.94. The van der Waals surface area contributed by atoms with Crippen LogP contribution in [-0.2, 0) is 4.74 Å². The lowest BCUT2D eigenvalue weighted by atomic mass is 10.2. The van der Waals surface area contributed by atoms with Crippen LogP contribution in [0.15, 0.2) is 24.3 Å². The summed E-state index contributed by atoms with van der Waals surface area (Å²) in [5.41, 5.74) is 6.31. The summed E-state index contributed by atoms with van der Waals surface area (Å²) in [7, 11) is 3.42. The number of benzene rings is 1. The van der Waals surface area contributed by atoms with Crippen molar-refractivity contribution in [1.82, 2.24) is 9.80 Å². The molecular weight excluding hydrogens is 294 g/mol. The molecule has 0 aliphatic heterocycles. The molecule has 128 valence electrons. The summed E-state index contributed by atoms with van der Waals surface area (Å²) in [5, 5.41) is 0. The van der Waals surface area contributed by atoms with Crippen LogP contribution in [0.5, 0.6) is 0 Å². The van der Waals surface area contributed by atoms with Crippen molar-refractivity contribution in [2.75, 3.05) is 32.9 Å². The molecule has 1 aromatic carbocycles. The van der Waals surface area contributed by atoms with E-state index in [2.05, 4.69) is 0 Å². The van der Waals surface area contributed by atoms with Gasteiger partial charge in [0, 0.05) is 38.4 Å². The normalized spacial score (nSPS) is 11.0. The standard InChI is InChI=1S/C17H27N3O3/c1-17(2,3)23-16(22)20(5)11-7-10-19(4)15(21)13-8-6-9-14(18)12-13/h6,8-9,12H,7,10-11,18H2,1-5H3. The first kappa shape index (κ1) is 18.8. The third-order valence-electron chi connectivity index (χ3n) is 3.17. The third-order valence-corrected chi connectivity index (χ3v) is 3.17. The molecule has 0 aliphatic carbocycles. The number of carbonyl (C=O) groups excluding carboxylic acids is 2. The van der Waals surface area contributed by atoms with E-state index in [1.165, 1.54) is 4.90 Å². The molecule has 6 heteroatoms. The molecule has 1 aromatic rings. The van der Waals surface area contributed by atoms with Gasteiger partial charge in [0.25, 0.3) is 5.91 Å². The minimum Gasteiger partial charge on any atom is -0.444 e. The Morgan fingerprint density at radius 2 is 1.74 bits per heavy atom. The van der Waals surface area contributed by atoms with Crippen molar-refractivity contribution in [1.29, 1.82) is 0 Å². The van der Waals surface area contributed by atoms with Gasteiger partial charge < -0.3 is 20.3 Å². The zero-order valence-electron chi connectivity index (χ0n) is 14.6. The molecule has 2 N–H and O–H groups in total. The molecular formula is C17H27N3O3. The summed E-state index contributed by atoms with van der Waals surface area (Å²) in [6, 6.07) is 6.90. The quantitative estimate of drug-likeness (QED) is 0.846. The lowest BCUT2D eigenvalue weighted by Gasteiger charge is -2.25. The zero-order chi connectivity index (χ0) is 17.6. The van der Waals surface area contributed by atoms with E-state index in [9.17, 15) is 9.59 Å². The Balaban J connectivity index is 2.43. The van der Waals surface area contributed by atoms with Gasteiger partial charge in [-0.1, -0.05) is 6.07 Å². The summed E-state index contributed by atoms with van der Waals surface area (Å²) < 4.78 is 5.28. The van der Waals surface area contributed by atoms with Crippen molar-refractivity contribution < 1.29 is 14.3 Å². The van der Waals surface area contributed by atoms with E-state index in [1.807, 2.05) is 20.8 Å². The van der Waals surface area contributed by atoms with E-state index in [1.54, 1.807) is 43.3 Å². The summed E-state index contributed by atoms with van der Waals surface area (Å²) in [4.78, 5) is 27.2. The van der Waals surface area contributed by atoms with Crippen molar-refractivity contribution in [3.8, 4) is 0 Å². The molecule has 0 heterocycles. The summed E-state index contributed by atoms with van der Waals surface area (Å²) >= 11 is 0. The second kappa shape index (κ2) is 7.85. The maximum atomic E-state index is 12.3. The second-order valence-electron chi connectivity index (χ2n) is 6.61. The van der Waals surface area contributed by atoms with Gasteiger partial charge in [-0.05, 0) is 45.4 Å². The number of amides is 2. The highest BCUT2D eigenvalue weighted by Crippen LogP contribution is 2.11. The fourth-order valence-electron chi connectivity index (χ4n) is 1.97. The average molecular weight is 321 g/mol. The minimum absolute atomic E-state index is 0.0859. The Hall–Kier alpha value is -2.24. The van der Waals surface area contributed by atoms with E-state index >= 15 is 0 Å². The van der Waals surface area contributed by atoms with Crippen LogP contribution < -0.4 is 5.73 Å². The number of anilines is 1. The molecule has 2 amide bonds. The number of hydrogen-bond donors (Lipinski definition) is 1. The lowest BCUT2D eigenvalue weighted by molar-refractivity contribution is 0.0294. The van der Waals surface area contributed by atoms with E-state index in [0.717, 1.165) is 0 Å². The van der Waals surface area contributed by atoms with Gasteiger partial charge in [-0.15, -0.1) is 0 Å². The van der Waals surface area contributed by atoms with Crippen molar-refractivity contribution in [2.45, 2.75) is 32.8 Å². The van der Waals surface area contributed by atoms with Gasteiger partial charge in [-0.3, -0.25) is 4.79 Å². The minimum atomic E-state index is -0.509. The van der Waals surface area contributed by atoms with E-state index in [4.69, 9.17) is 10.5 Å². The molecule has 0 aromatic heterocycles. The van der Waals surface area contributed by atoms with Gasteiger partial charge in [0.1, 0.15) is 5.60 Å². The Morgan fingerprint density at radius 3 is 2.30 bits per heavy atom. The largest absolute Gasteiger partial charge is 0.444 e. The Bertz CT molecular complexity index is 552. The van der Waals surface area contributed by atoms with Crippen LogP contribution in [0.1, 0.15) is 37.6 Å². The molecule has 0 unspecified atom stereocenters. The predicted molar refractivity (Wildman–Crippen MR) is 91.3 cm³/mol. The predicted octanol–water partition coefficient (Wildman–Crippen LogP) is 2.60. The van der Waals surface area contributed by atoms with Crippen LogP contribution >= 0.6 is 0 Å². The van der Waals surface area contributed by atoms with Crippen LogP contribution in [0.3, 0.4) is 0 Å². The molecule has 6 nitrogen and oxygen atoms in total. The first-order chi connectivity index (χ1) is 10.6. The average Bonchev–Trinajstić information content (AvgIpc) is 2.44. The Morgan fingerprint density at radius 1 is 1.13 bits per heavy atom. The smallest absolute Gasteiger partial charge is 0.410 e. The number of ether oxygens (including phenoxy) is 1. The number of rotatable bonds is 5. The van der Waals surface area contributed by atoms with Crippen LogP contribution in [-0.4, -0.2) is 54.6 Å². The monoisotopic (exact) mass is 321 g/mol. The van der Waals surface area contributed by atoms with Crippen molar-refractivity contribution in [3.05, 3.63) is 29.8 Å². The van der Waals surface area contributed by atoms with Gasteiger partial charge in [0.2, 0.25) is 0 Å². The highest BCUT2D eigenvalue weighted by Gasteiger charge is 2.19. The molecule has 1 rings (SSSR count). The molecule has 0 bridgehead atoms. The van der Waals surface area contributed by atoms with E-state index < -0.39 is 5.60 Å². The number of nitrogens with zero attached hydrogens (tertiary/aromatic N) is 2. The number of nitrogen functional groups attached to an aromatic ring is 1. The highest BCUT2D eigenvalue weighted by atomic mass is 16.6. The Kier molecular flexibility index (Phi) is 6.42. The Labute approximate surface area is 138 Å². The zero-order valence-corrected chi connectivity index (χ0v) is 14.6. The van der Waals surface area contributed by atoms with Gasteiger partial charge in [-0.2, -0.15) is 0 Å². The first-order valence-electron chi connectivity index (χ1n) is 7.65. The number of hydrogen-bond acceptors (Lipinski definition) is 4. The van der Waals surface area contributed by atoms with E-state index in [0.29, 0.717) is 30.8 Å². The fourth-order valence-corrected chi connectivity index (χ4v) is 1.97. The van der Waals surface area contributed by atoms with Crippen molar-refractivity contribution in [2.24, 2.45) is 0 Å². The summed E-state index contributed by atoms with van der Waals surface area (Å²) in [5.74, 6) is -0.0859. The van der Waals surface area contributed by atoms with Crippen LogP contribution in [0, 0.1) is 0 Å². The van der Waals surface area contributed by atoms with Crippen LogP contribution in [0.2, 0.25) is 0 Å².